The van der Waals surface area contributed by atoms with E-state index in [2.05, 4.69) is 26.5 Å². The maximum absolute atomic E-state index is 12.4. The molecule has 0 saturated carbocycles. The fourth-order valence-corrected chi connectivity index (χ4v) is 2.91. The molecule has 25 heavy (non-hydrogen) atoms. The van der Waals surface area contributed by atoms with Crippen LogP contribution in [0.25, 0.3) is 10.9 Å². The molecule has 1 amide bonds. The number of aromatic nitrogens is 1. The van der Waals surface area contributed by atoms with Crippen molar-refractivity contribution in [3.8, 4) is 5.75 Å². The first-order valence-electron chi connectivity index (χ1n) is 7.38. The Morgan fingerprint density at radius 1 is 1.24 bits per heavy atom. The van der Waals surface area contributed by atoms with E-state index < -0.39 is 11.5 Å². The van der Waals surface area contributed by atoms with E-state index >= 15 is 0 Å². The molecule has 0 aliphatic heterocycles. The van der Waals surface area contributed by atoms with Crippen LogP contribution < -0.4 is 11.0 Å². The van der Waals surface area contributed by atoms with Gasteiger partial charge >= 0.3 is 0 Å². The lowest BCUT2D eigenvalue weighted by Crippen LogP contribution is -2.30. The third-order valence-corrected chi connectivity index (χ3v) is 4.22. The zero-order valence-corrected chi connectivity index (χ0v) is 14.8. The highest BCUT2D eigenvalue weighted by molar-refractivity contribution is 9.10. The van der Waals surface area contributed by atoms with E-state index in [0.717, 1.165) is 10.0 Å². The minimum atomic E-state index is -0.768. The Bertz CT molecular complexity index is 1060. The number of benzene rings is 2. The summed E-state index contributed by atoms with van der Waals surface area (Å²) in [6.45, 7) is 0. The maximum Gasteiger partial charge on any atom is 0.280 e. The lowest BCUT2D eigenvalue weighted by molar-refractivity contribution is 0.0950. The number of nitrogens with one attached hydrogen (secondary N) is 1. The standard InChI is InChI=1S/C18H14BrN3O3/c1-22-14-8-3-2-7-13(14)16(23)15(18(22)25)17(24)21-20-10-11-5-4-6-12(19)9-11/h2-10,23H,1H3,(H,21,24). The molecule has 7 heteroatoms. The number of halogens is 1. The summed E-state index contributed by atoms with van der Waals surface area (Å²) in [5.74, 6) is -1.12. The molecular formula is C18H14BrN3O3. The van der Waals surface area contributed by atoms with E-state index in [1.54, 1.807) is 31.3 Å². The Morgan fingerprint density at radius 3 is 2.76 bits per heavy atom. The number of pyridine rings is 1. The molecule has 6 nitrogen and oxygen atoms in total. The van der Waals surface area contributed by atoms with E-state index in [1.165, 1.54) is 10.8 Å². The zero-order chi connectivity index (χ0) is 18.0. The summed E-state index contributed by atoms with van der Waals surface area (Å²) in [6, 6.07) is 14.2. The highest BCUT2D eigenvalue weighted by atomic mass is 79.9. The van der Waals surface area contributed by atoms with E-state index in [9.17, 15) is 14.7 Å². The third kappa shape index (κ3) is 3.32. The Morgan fingerprint density at radius 2 is 2.00 bits per heavy atom. The van der Waals surface area contributed by atoms with Crippen molar-refractivity contribution in [2.45, 2.75) is 0 Å². The van der Waals surface area contributed by atoms with Crippen molar-refractivity contribution in [2.75, 3.05) is 0 Å². The molecule has 0 fully saturated rings. The normalized spacial score (nSPS) is 11.1. The number of hydrazone groups is 1. The van der Waals surface area contributed by atoms with Crippen LogP contribution in [0.3, 0.4) is 0 Å². The van der Waals surface area contributed by atoms with Crippen LogP contribution in [-0.4, -0.2) is 21.8 Å². The topological polar surface area (TPSA) is 83.7 Å². The number of para-hydroxylation sites is 1. The molecule has 0 aliphatic rings. The second-order valence-electron chi connectivity index (χ2n) is 5.36. The van der Waals surface area contributed by atoms with Crippen molar-refractivity contribution in [1.29, 1.82) is 0 Å². The van der Waals surface area contributed by atoms with E-state index in [4.69, 9.17) is 0 Å². The number of aromatic hydroxyl groups is 1. The second kappa shape index (κ2) is 6.90. The molecule has 2 N–H and O–H groups in total. The van der Waals surface area contributed by atoms with E-state index in [-0.39, 0.29) is 11.3 Å². The number of nitrogens with zero attached hydrogens (tertiary/aromatic N) is 2. The van der Waals surface area contributed by atoms with E-state index in [0.29, 0.717) is 10.9 Å². The average molecular weight is 400 g/mol. The summed E-state index contributed by atoms with van der Waals surface area (Å²) in [6.07, 6.45) is 1.45. The molecule has 3 aromatic rings. The van der Waals surface area contributed by atoms with Gasteiger partial charge in [0.2, 0.25) is 0 Å². The van der Waals surface area contributed by atoms with Crippen molar-refractivity contribution in [2.24, 2.45) is 12.1 Å². The van der Waals surface area contributed by atoms with Gasteiger partial charge in [0.1, 0.15) is 11.3 Å². The second-order valence-corrected chi connectivity index (χ2v) is 6.27. The molecule has 0 spiro atoms. The van der Waals surface area contributed by atoms with Crippen LogP contribution in [0.2, 0.25) is 0 Å². The van der Waals surface area contributed by atoms with Gasteiger partial charge in [-0.2, -0.15) is 5.10 Å². The van der Waals surface area contributed by atoms with Gasteiger partial charge in [0.25, 0.3) is 11.5 Å². The molecule has 1 aromatic heterocycles. The number of rotatable bonds is 3. The lowest BCUT2D eigenvalue weighted by atomic mass is 10.1. The lowest BCUT2D eigenvalue weighted by Gasteiger charge is -2.10. The quantitative estimate of drug-likeness (QED) is 0.524. The van der Waals surface area contributed by atoms with Gasteiger partial charge in [0, 0.05) is 16.9 Å². The third-order valence-electron chi connectivity index (χ3n) is 3.73. The molecule has 0 saturated heterocycles. The average Bonchev–Trinajstić information content (AvgIpc) is 2.60. The fraction of sp³-hybridized carbons (Fsp3) is 0.0556. The largest absolute Gasteiger partial charge is 0.506 e. The van der Waals surface area contributed by atoms with Crippen molar-refractivity contribution in [1.82, 2.24) is 9.99 Å². The summed E-state index contributed by atoms with van der Waals surface area (Å²) >= 11 is 3.34. The smallest absolute Gasteiger partial charge is 0.280 e. The van der Waals surface area contributed by atoms with Gasteiger partial charge in [-0.25, -0.2) is 5.43 Å². The highest BCUT2D eigenvalue weighted by Crippen LogP contribution is 2.25. The Balaban J connectivity index is 1.94. The van der Waals surface area contributed by atoms with Gasteiger partial charge in [0.15, 0.2) is 0 Å². The Labute approximate surface area is 151 Å². The minimum Gasteiger partial charge on any atom is -0.506 e. The molecule has 0 aliphatic carbocycles. The van der Waals surface area contributed by atoms with Crippen LogP contribution in [-0.2, 0) is 7.05 Å². The summed E-state index contributed by atoms with van der Waals surface area (Å²) in [4.78, 5) is 24.7. The molecule has 2 aromatic carbocycles. The van der Waals surface area contributed by atoms with Crippen LogP contribution >= 0.6 is 15.9 Å². The van der Waals surface area contributed by atoms with Crippen molar-refractivity contribution < 1.29 is 9.90 Å². The van der Waals surface area contributed by atoms with Gasteiger partial charge in [-0.1, -0.05) is 40.2 Å². The van der Waals surface area contributed by atoms with Gasteiger partial charge in [-0.05, 0) is 29.8 Å². The van der Waals surface area contributed by atoms with Crippen LogP contribution in [0.15, 0.2) is 62.9 Å². The molecule has 0 bridgehead atoms. The predicted octanol–water partition coefficient (Wildman–Crippen LogP) is 2.77. The zero-order valence-electron chi connectivity index (χ0n) is 13.2. The number of hydrogen-bond donors (Lipinski definition) is 2. The molecule has 3 rings (SSSR count). The summed E-state index contributed by atoms with van der Waals surface area (Å²) in [5.41, 5.74) is 2.66. The van der Waals surface area contributed by atoms with Gasteiger partial charge < -0.3 is 9.67 Å². The van der Waals surface area contributed by atoms with Gasteiger partial charge in [-0.3, -0.25) is 9.59 Å². The molecule has 126 valence electrons. The molecule has 1 heterocycles. The predicted molar refractivity (Wildman–Crippen MR) is 100 cm³/mol. The number of hydrogen-bond acceptors (Lipinski definition) is 4. The number of amides is 1. The minimum absolute atomic E-state index is 0.340. The fourth-order valence-electron chi connectivity index (χ4n) is 2.49. The van der Waals surface area contributed by atoms with Gasteiger partial charge in [0.05, 0.1) is 11.7 Å². The highest BCUT2D eigenvalue weighted by Gasteiger charge is 2.20. The van der Waals surface area contributed by atoms with Crippen LogP contribution in [0.1, 0.15) is 15.9 Å². The first kappa shape index (κ1) is 16.9. The van der Waals surface area contributed by atoms with Crippen molar-refractivity contribution >= 4 is 39.0 Å². The Kier molecular flexibility index (Phi) is 4.67. The van der Waals surface area contributed by atoms with Crippen LogP contribution in [0.4, 0.5) is 0 Å². The maximum atomic E-state index is 12.4. The van der Waals surface area contributed by atoms with Crippen LogP contribution in [0.5, 0.6) is 5.75 Å². The van der Waals surface area contributed by atoms with Crippen LogP contribution in [0, 0.1) is 0 Å². The number of carbonyl (C=O) groups excluding carboxylic acids is 1. The SMILES string of the molecule is Cn1c(=O)c(C(=O)NN=Cc2cccc(Br)c2)c(O)c2ccccc21. The number of aryl methyl sites for hydroxylation is 1. The van der Waals surface area contributed by atoms with Crippen molar-refractivity contribution in [3.05, 3.63) is 74.5 Å². The number of carbonyl (C=O) groups is 1. The van der Waals surface area contributed by atoms with E-state index in [1.807, 2.05) is 24.3 Å². The molecule has 0 radical (unpaired) electrons. The number of fused-ring (bicyclic) bond motifs is 1. The summed E-state index contributed by atoms with van der Waals surface area (Å²) < 4.78 is 2.20. The van der Waals surface area contributed by atoms with Crippen molar-refractivity contribution in [3.63, 3.8) is 0 Å². The summed E-state index contributed by atoms with van der Waals surface area (Å²) in [5, 5.41) is 14.6. The summed E-state index contributed by atoms with van der Waals surface area (Å²) in [7, 11) is 1.55. The first-order valence-corrected chi connectivity index (χ1v) is 8.18. The molecule has 0 unspecified atom stereocenters. The molecule has 0 atom stereocenters. The monoisotopic (exact) mass is 399 g/mol. The Hall–Kier alpha value is -2.93. The first-order chi connectivity index (χ1) is 12.0. The van der Waals surface area contributed by atoms with Gasteiger partial charge in [-0.15, -0.1) is 0 Å². The molecular weight excluding hydrogens is 386 g/mol.